The van der Waals surface area contributed by atoms with Gasteiger partial charge < -0.3 is 0 Å². The molecule has 0 bridgehead atoms. The van der Waals surface area contributed by atoms with Crippen LogP contribution >= 0.6 is 23.2 Å². The molecule has 62 valence electrons. The van der Waals surface area contributed by atoms with E-state index in [-0.39, 0.29) is 21.6 Å². The summed E-state index contributed by atoms with van der Waals surface area (Å²) in [5.74, 6) is 0.154. The Labute approximate surface area is 76.4 Å². The van der Waals surface area contributed by atoms with Gasteiger partial charge in [0.25, 0.3) is 0 Å². The molecule has 0 amide bonds. The minimum Gasteiger partial charge on any atom is -0.299 e. The van der Waals surface area contributed by atoms with Crippen LogP contribution in [0.3, 0.4) is 0 Å². The average molecular weight is 193 g/mol. The normalized spacial score (nSPS) is 27.6. The molecule has 1 rings (SSSR count). The molecule has 0 N–H and O–H groups in total. The molecule has 0 aliphatic heterocycles. The number of carbonyl (C=O) groups is 1. The molecule has 0 spiro atoms. The van der Waals surface area contributed by atoms with Gasteiger partial charge in [0, 0.05) is 12.3 Å². The lowest BCUT2D eigenvalue weighted by atomic mass is 9.62. The molecule has 1 unspecified atom stereocenters. The second-order valence-corrected chi connectivity index (χ2v) is 4.57. The number of rotatable bonds is 1. The van der Waals surface area contributed by atoms with Gasteiger partial charge in [-0.1, -0.05) is 37.0 Å². The smallest absolute Gasteiger partial charge is 0.140 e. The van der Waals surface area contributed by atoms with Gasteiger partial charge in [-0.25, -0.2) is 0 Å². The van der Waals surface area contributed by atoms with E-state index in [0.717, 1.165) is 0 Å². The number of Topliss-reactive ketones (excluding diaryl/α,β-unsaturated/α-hetero) is 1. The van der Waals surface area contributed by atoms with Gasteiger partial charge in [-0.15, -0.1) is 0 Å². The maximum Gasteiger partial charge on any atom is 0.140 e. The number of ketones is 1. The minimum atomic E-state index is -0.0764. The van der Waals surface area contributed by atoms with Gasteiger partial charge in [0.2, 0.25) is 0 Å². The Hall–Kier alpha value is -0.0100. The molecule has 1 fully saturated rings. The molecule has 1 saturated carbocycles. The molecule has 1 nitrogen and oxygen atoms in total. The molecule has 1 atom stereocenters. The molecule has 0 radical (unpaired) electrons. The van der Waals surface area contributed by atoms with E-state index in [0.29, 0.717) is 6.42 Å². The van der Waals surface area contributed by atoms with Crippen molar-refractivity contribution in [2.75, 3.05) is 0 Å². The van der Waals surface area contributed by atoms with Crippen molar-refractivity contribution in [3.63, 3.8) is 0 Å². The van der Waals surface area contributed by atoms with E-state index in [1.807, 2.05) is 13.8 Å². The lowest BCUT2D eigenvalue weighted by molar-refractivity contribution is -0.136. The first-order chi connectivity index (χ1) is 4.93. The van der Waals surface area contributed by atoms with Crippen LogP contribution in [0.4, 0.5) is 0 Å². The van der Waals surface area contributed by atoms with Crippen molar-refractivity contribution in [1.82, 2.24) is 0 Å². The van der Waals surface area contributed by atoms with Crippen LogP contribution in [-0.2, 0) is 4.79 Å². The van der Waals surface area contributed by atoms with E-state index >= 15 is 0 Å². The fourth-order valence-electron chi connectivity index (χ4n) is 1.42. The predicted molar refractivity (Wildman–Crippen MR) is 46.7 cm³/mol. The van der Waals surface area contributed by atoms with Gasteiger partial charge in [0.05, 0.1) is 0 Å². The van der Waals surface area contributed by atoms with Crippen LogP contribution in [0.25, 0.3) is 0 Å². The number of hydrogen-bond acceptors (Lipinski definition) is 1. The number of hydrogen-bond donors (Lipinski definition) is 0. The molecule has 3 heteroatoms. The number of halogens is 2. The zero-order valence-electron chi connectivity index (χ0n) is 6.53. The summed E-state index contributed by atoms with van der Waals surface area (Å²) >= 11 is 10.9. The Morgan fingerprint density at radius 1 is 1.64 bits per heavy atom. The largest absolute Gasteiger partial charge is 0.299 e. The Balaban J connectivity index is 2.72. The van der Waals surface area contributed by atoms with Gasteiger partial charge in [0.1, 0.15) is 10.3 Å². The summed E-state index contributed by atoms with van der Waals surface area (Å²) in [6.07, 6.45) is 2.25. The Kier molecular flexibility index (Phi) is 2.31. The van der Waals surface area contributed by atoms with Crippen LogP contribution in [0.2, 0.25) is 0 Å². The standard InChI is InChI=1S/C8H10Cl2O/c1-8(2)4-6(11)5(8)3-7(9)10/h3,5H,4H2,1-2H3. The molecule has 0 saturated heterocycles. The van der Waals surface area contributed by atoms with E-state index in [1.165, 1.54) is 0 Å². The second kappa shape index (κ2) is 2.80. The maximum absolute atomic E-state index is 11.0. The van der Waals surface area contributed by atoms with Crippen molar-refractivity contribution in [3.8, 4) is 0 Å². The first-order valence-corrected chi connectivity index (χ1v) is 4.24. The fraction of sp³-hybridized carbons (Fsp3) is 0.625. The summed E-state index contributed by atoms with van der Waals surface area (Å²) in [6.45, 7) is 4.07. The molecule has 0 aromatic carbocycles. The third kappa shape index (κ3) is 1.77. The van der Waals surface area contributed by atoms with Crippen molar-refractivity contribution in [1.29, 1.82) is 0 Å². The zero-order valence-corrected chi connectivity index (χ0v) is 8.04. The van der Waals surface area contributed by atoms with Crippen molar-refractivity contribution < 1.29 is 4.79 Å². The number of carbonyl (C=O) groups excluding carboxylic acids is 1. The molecule has 0 aromatic heterocycles. The quantitative estimate of drug-likeness (QED) is 0.625. The van der Waals surface area contributed by atoms with E-state index in [4.69, 9.17) is 23.2 Å². The van der Waals surface area contributed by atoms with Crippen molar-refractivity contribution in [3.05, 3.63) is 10.6 Å². The highest BCUT2D eigenvalue weighted by Crippen LogP contribution is 2.44. The van der Waals surface area contributed by atoms with Crippen molar-refractivity contribution in [2.45, 2.75) is 20.3 Å². The van der Waals surface area contributed by atoms with Crippen LogP contribution in [0, 0.1) is 11.3 Å². The Morgan fingerprint density at radius 2 is 2.18 bits per heavy atom. The molecular weight excluding hydrogens is 183 g/mol. The predicted octanol–water partition coefficient (Wildman–Crippen LogP) is 2.92. The van der Waals surface area contributed by atoms with Gasteiger partial charge in [-0.2, -0.15) is 0 Å². The first-order valence-electron chi connectivity index (χ1n) is 3.49. The van der Waals surface area contributed by atoms with Crippen molar-refractivity contribution in [2.24, 2.45) is 11.3 Å². The third-order valence-electron chi connectivity index (χ3n) is 2.11. The van der Waals surface area contributed by atoms with Crippen LogP contribution in [0.5, 0.6) is 0 Å². The summed E-state index contributed by atoms with van der Waals surface area (Å²) in [6, 6.07) is 0. The zero-order chi connectivity index (χ0) is 8.65. The van der Waals surface area contributed by atoms with Gasteiger partial charge in [-0.05, 0) is 11.5 Å². The SMILES string of the molecule is CC1(C)CC(=O)C1C=C(Cl)Cl. The highest BCUT2D eigenvalue weighted by molar-refractivity contribution is 6.56. The van der Waals surface area contributed by atoms with Crippen LogP contribution in [0.15, 0.2) is 10.6 Å². The monoisotopic (exact) mass is 192 g/mol. The maximum atomic E-state index is 11.0. The van der Waals surface area contributed by atoms with Crippen LogP contribution in [0.1, 0.15) is 20.3 Å². The Bertz CT molecular complexity index is 214. The summed E-state index contributed by atoms with van der Waals surface area (Å²) in [5.41, 5.74) is 0.0477. The topological polar surface area (TPSA) is 17.1 Å². The highest BCUT2D eigenvalue weighted by Gasteiger charge is 2.44. The van der Waals surface area contributed by atoms with E-state index in [2.05, 4.69) is 0 Å². The summed E-state index contributed by atoms with van der Waals surface area (Å²) in [4.78, 5) is 11.0. The Morgan fingerprint density at radius 3 is 2.36 bits per heavy atom. The summed E-state index contributed by atoms with van der Waals surface area (Å²) in [5, 5.41) is 0. The summed E-state index contributed by atoms with van der Waals surface area (Å²) in [7, 11) is 0. The van der Waals surface area contributed by atoms with Gasteiger partial charge >= 0.3 is 0 Å². The molecule has 11 heavy (non-hydrogen) atoms. The molecule has 1 aliphatic carbocycles. The molecule has 0 aromatic rings. The molecular formula is C8H10Cl2O. The summed E-state index contributed by atoms with van der Waals surface area (Å²) < 4.78 is 0.191. The number of allylic oxidation sites excluding steroid dienone is 1. The lowest BCUT2D eigenvalue weighted by Gasteiger charge is -2.40. The average Bonchev–Trinajstić information content (AvgIpc) is 1.82. The first kappa shape index (κ1) is 9.08. The molecule has 1 aliphatic rings. The second-order valence-electron chi connectivity index (χ2n) is 3.57. The highest BCUT2D eigenvalue weighted by atomic mass is 35.5. The van der Waals surface area contributed by atoms with E-state index in [9.17, 15) is 4.79 Å². The van der Waals surface area contributed by atoms with E-state index < -0.39 is 0 Å². The molecule has 0 heterocycles. The minimum absolute atomic E-state index is 0.0477. The fourth-order valence-corrected chi connectivity index (χ4v) is 1.67. The van der Waals surface area contributed by atoms with Gasteiger partial charge in [-0.3, -0.25) is 4.79 Å². The van der Waals surface area contributed by atoms with Crippen molar-refractivity contribution >= 4 is 29.0 Å². The lowest BCUT2D eigenvalue weighted by Crippen LogP contribution is -2.43. The van der Waals surface area contributed by atoms with Crippen LogP contribution < -0.4 is 0 Å². The van der Waals surface area contributed by atoms with E-state index in [1.54, 1.807) is 6.08 Å². The van der Waals surface area contributed by atoms with Gasteiger partial charge in [0.15, 0.2) is 0 Å². The van der Waals surface area contributed by atoms with Crippen LogP contribution in [-0.4, -0.2) is 5.78 Å². The third-order valence-corrected chi connectivity index (χ3v) is 2.36.